The molecule has 0 heterocycles. The lowest BCUT2D eigenvalue weighted by atomic mass is 9.99. The monoisotopic (exact) mass is 338 g/mol. The van der Waals surface area contributed by atoms with Crippen LogP contribution in [0.4, 0.5) is 0 Å². The zero-order chi connectivity index (χ0) is 17.8. The van der Waals surface area contributed by atoms with E-state index < -0.39 is 0 Å². The van der Waals surface area contributed by atoms with Crippen molar-refractivity contribution in [3.05, 3.63) is 65.2 Å². The molecule has 134 valence electrons. The van der Waals surface area contributed by atoms with Gasteiger partial charge in [-0.15, -0.1) is 0 Å². The molecule has 2 nitrogen and oxygen atoms in total. The molecule has 2 aromatic carbocycles. The topological polar surface area (TPSA) is 18.5 Å². The molecule has 1 aliphatic carbocycles. The third kappa shape index (κ3) is 4.24. The predicted molar refractivity (Wildman–Crippen MR) is 103 cm³/mol. The number of rotatable bonds is 7. The molecule has 0 bridgehead atoms. The summed E-state index contributed by atoms with van der Waals surface area (Å²) in [5, 5.41) is 0. The van der Waals surface area contributed by atoms with Gasteiger partial charge in [-0.2, -0.15) is 0 Å². The molecule has 3 atom stereocenters. The van der Waals surface area contributed by atoms with Crippen LogP contribution in [0.15, 0.2) is 48.5 Å². The van der Waals surface area contributed by atoms with Gasteiger partial charge in [-0.1, -0.05) is 64.1 Å². The van der Waals surface area contributed by atoms with Crippen LogP contribution >= 0.6 is 0 Å². The highest BCUT2D eigenvalue weighted by molar-refractivity contribution is 5.33. The van der Waals surface area contributed by atoms with Crippen molar-refractivity contribution in [3.8, 4) is 5.75 Å². The quantitative estimate of drug-likeness (QED) is 0.554. The number of benzene rings is 2. The number of ether oxygens (including phenoxy) is 2. The smallest absolute Gasteiger partial charge is 0.202 e. The van der Waals surface area contributed by atoms with Crippen LogP contribution in [0.1, 0.15) is 69.2 Å². The minimum absolute atomic E-state index is 0.142. The van der Waals surface area contributed by atoms with Crippen LogP contribution < -0.4 is 4.74 Å². The molecule has 0 amide bonds. The average Bonchev–Trinajstić information content (AvgIpc) is 3.04. The van der Waals surface area contributed by atoms with Crippen LogP contribution in [0.5, 0.6) is 5.75 Å². The van der Waals surface area contributed by atoms with Gasteiger partial charge in [0.2, 0.25) is 6.29 Å². The van der Waals surface area contributed by atoms with E-state index in [9.17, 15) is 0 Å². The average molecular weight is 338 g/mol. The third-order valence-electron chi connectivity index (χ3n) is 5.23. The predicted octanol–water partition coefficient (Wildman–Crippen LogP) is 6.27. The first-order valence-corrected chi connectivity index (χ1v) is 9.58. The number of hydrogen-bond donors (Lipinski definition) is 0. The minimum atomic E-state index is -0.231. The van der Waals surface area contributed by atoms with E-state index in [0.29, 0.717) is 11.8 Å². The molecule has 0 saturated carbocycles. The summed E-state index contributed by atoms with van der Waals surface area (Å²) < 4.78 is 12.6. The van der Waals surface area contributed by atoms with Gasteiger partial charge in [-0.25, -0.2) is 0 Å². The van der Waals surface area contributed by atoms with Crippen LogP contribution in [0.3, 0.4) is 0 Å². The SMILES string of the molecule is CCC(C)c1ccc(OC(OC2CCc3ccccc32)C(C)C)cc1. The second-order valence-electron chi connectivity index (χ2n) is 7.47. The van der Waals surface area contributed by atoms with E-state index in [1.54, 1.807) is 0 Å². The van der Waals surface area contributed by atoms with Gasteiger partial charge < -0.3 is 9.47 Å². The standard InChI is InChI=1S/C23H30O2/c1-5-17(4)18-10-13-20(14-11-18)24-23(16(2)3)25-22-15-12-19-8-6-7-9-21(19)22/h6-11,13-14,16-17,22-23H,5,12,15H2,1-4H3. The van der Waals surface area contributed by atoms with Crippen molar-refractivity contribution in [1.82, 2.24) is 0 Å². The molecular formula is C23H30O2. The number of aryl methyl sites for hydroxylation is 1. The second kappa shape index (κ2) is 8.05. The van der Waals surface area contributed by atoms with Gasteiger partial charge in [0, 0.05) is 5.92 Å². The van der Waals surface area contributed by atoms with Gasteiger partial charge in [-0.3, -0.25) is 0 Å². The molecule has 0 fully saturated rings. The molecule has 3 rings (SSSR count). The largest absolute Gasteiger partial charge is 0.465 e. The minimum Gasteiger partial charge on any atom is -0.465 e. The van der Waals surface area contributed by atoms with E-state index in [1.807, 2.05) is 0 Å². The Kier molecular flexibility index (Phi) is 5.80. The van der Waals surface area contributed by atoms with Crippen LogP contribution in [0.25, 0.3) is 0 Å². The molecule has 0 aromatic heterocycles. The van der Waals surface area contributed by atoms with Crippen LogP contribution in [-0.2, 0) is 11.2 Å². The van der Waals surface area contributed by atoms with E-state index in [-0.39, 0.29) is 12.4 Å². The molecule has 0 aliphatic heterocycles. The number of hydrogen-bond acceptors (Lipinski definition) is 2. The summed E-state index contributed by atoms with van der Waals surface area (Å²) in [4.78, 5) is 0. The lowest BCUT2D eigenvalue weighted by Crippen LogP contribution is -2.28. The van der Waals surface area contributed by atoms with Gasteiger partial charge >= 0.3 is 0 Å². The van der Waals surface area contributed by atoms with Gasteiger partial charge in [0.15, 0.2) is 0 Å². The highest BCUT2D eigenvalue weighted by Gasteiger charge is 2.28. The Morgan fingerprint density at radius 2 is 1.72 bits per heavy atom. The molecule has 2 aromatic rings. The van der Waals surface area contributed by atoms with E-state index in [4.69, 9.17) is 9.47 Å². The van der Waals surface area contributed by atoms with Gasteiger partial charge in [0.05, 0.1) is 6.10 Å². The molecule has 0 spiro atoms. The maximum Gasteiger partial charge on any atom is 0.202 e. The fourth-order valence-electron chi connectivity index (χ4n) is 3.39. The van der Waals surface area contributed by atoms with Gasteiger partial charge in [0.1, 0.15) is 5.75 Å². The van der Waals surface area contributed by atoms with Crippen LogP contribution in [-0.4, -0.2) is 6.29 Å². The van der Waals surface area contributed by atoms with Crippen molar-refractivity contribution in [2.24, 2.45) is 5.92 Å². The highest BCUT2D eigenvalue weighted by Crippen LogP contribution is 2.36. The van der Waals surface area contributed by atoms with Gasteiger partial charge in [-0.05, 0) is 54.0 Å². The van der Waals surface area contributed by atoms with E-state index in [1.165, 1.54) is 16.7 Å². The molecule has 1 aliphatic rings. The lowest BCUT2D eigenvalue weighted by Gasteiger charge is -2.26. The maximum absolute atomic E-state index is 6.38. The van der Waals surface area contributed by atoms with Crippen molar-refractivity contribution in [2.75, 3.05) is 0 Å². The molecule has 0 N–H and O–H groups in total. The first kappa shape index (κ1) is 18.0. The van der Waals surface area contributed by atoms with Crippen molar-refractivity contribution < 1.29 is 9.47 Å². The summed E-state index contributed by atoms with van der Waals surface area (Å²) in [7, 11) is 0. The van der Waals surface area contributed by atoms with E-state index in [0.717, 1.165) is 25.0 Å². The molecule has 3 unspecified atom stereocenters. The van der Waals surface area contributed by atoms with Crippen molar-refractivity contribution in [1.29, 1.82) is 0 Å². The molecule has 0 radical (unpaired) electrons. The van der Waals surface area contributed by atoms with Gasteiger partial charge in [0.25, 0.3) is 0 Å². The summed E-state index contributed by atoms with van der Waals surface area (Å²) in [6.07, 6.45) is 3.20. The van der Waals surface area contributed by atoms with Crippen molar-refractivity contribution in [2.45, 2.75) is 65.3 Å². The first-order valence-electron chi connectivity index (χ1n) is 9.58. The molecule has 25 heavy (non-hydrogen) atoms. The summed E-state index contributed by atoms with van der Waals surface area (Å²) in [5.41, 5.74) is 4.10. The Morgan fingerprint density at radius 1 is 1.00 bits per heavy atom. The Hall–Kier alpha value is -1.80. The van der Waals surface area contributed by atoms with Crippen LogP contribution in [0.2, 0.25) is 0 Å². The third-order valence-corrected chi connectivity index (χ3v) is 5.23. The Morgan fingerprint density at radius 3 is 2.40 bits per heavy atom. The Bertz CT molecular complexity index is 675. The van der Waals surface area contributed by atoms with Crippen molar-refractivity contribution in [3.63, 3.8) is 0 Å². The highest BCUT2D eigenvalue weighted by atomic mass is 16.7. The Labute approximate surface area is 152 Å². The summed E-state index contributed by atoms with van der Waals surface area (Å²) in [6.45, 7) is 8.78. The van der Waals surface area contributed by atoms with Crippen LogP contribution in [0, 0.1) is 5.92 Å². The summed E-state index contributed by atoms with van der Waals surface area (Å²) in [5.74, 6) is 1.76. The summed E-state index contributed by atoms with van der Waals surface area (Å²) in [6, 6.07) is 17.1. The zero-order valence-corrected chi connectivity index (χ0v) is 15.9. The maximum atomic E-state index is 6.38. The van der Waals surface area contributed by atoms with Crippen molar-refractivity contribution >= 4 is 0 Å². The summed E-state index contributed by atoms with van der Waals surface area (Å²) >= 11 is 0. The van der Waals surface area contributed by atoms with E-state index in [2.05, 4.69) is 76.2 Å². The fraction of sp³-hybridized carbons (Fsp3) is 0.478. The molecule has 0 saturated heterocycles. The fourth-order valence-corrected chi connectivity index (χ4v) is 3.39. The second-order valence-corrected chi connectivity index (χ2v) is 7.47. The Balaban J connectivity index is 1.68. The normalized spacial score (nSPS) is 18.8. The number of fused-ring (bicyclic) bond motifs is 1. The molecule has 2 heteroatoms. The first-order chi connectivity index (χ1) is 12.1. The lowest BCUT2D eigenvalue weighted by molar-refractivity contribution is -0.144. The molecular weight excluding hydrogens is 308 g/mol. The van der Waals surface area contributed by atoms with E-state index >= 15 is 0 Å². The zero-order valence-electron chi connectivity index (χ0n) is 15.9.